The fraction of sp³-hybridized carbons (Fsp3) is 0.556. The summed E-state index contributed by atoms with van der Waals surface area (Å²) in [5, 5.41) is 2.93. The lowest BCUT2D eigenvalue weighted by atomic mass is 9.96. The summed E-state index contributed by atoms with van der Waals surface area (Å²) < 4.78 is 5.61. The molecule has 1 aromatic rings. The molecule has 0 aromatic heterocycles. The Balaban J connectivity index is 1.70. The Kier molecular flexibility index (Phi) is 6.46. The van der Waals surface area contributed by atoms with E-state index in [1.54, 1.807) is 4.90 Å². The van der Waals surface area contributed by atoms with Crippen LogP contribution in [0.25, 0.3) is 0 Å². The smallest absolute Gasteiger partial charge is 0.317 e. The van der Waals surface area contributed by atoms with Gasteiger partial charge in [0.25, 0.3) is 0 Å². The van der Waals surface area contributed by atoms with Gasteiger partial charge in [0.05, 0.1) is 6.10 Å². The summed E-state index contributed by atoms with van der Waals surface area (Å²) in [6, 6.07) is 7.86. The van der Waals surface area contributed by atoms with Crippen molar-refractivity contribution in [1.82, 2.24) is 10.2 Å². The number of ether oxygens (including phenoxy) is 1. The third-order valence-electron chi connectivity index (χ3n) is 4.17. The number of hydrogen-bond donors (Lipinski definition) is 2. The number of carbonyl (C=O) groups is 2. The lowest BCUT2D eigenvalue weighted by Crippen LogP contribution is -2.46. The molecule has 0 spiro atoms. The minimum absolute atomic E-state index is 0.0716. The van der Waals surface area contributed by atoms with Crippen molar-refractivity contribution in [1.29, 1.82) is 0 Å². The predicted molar refractivity (Wildman–Crippen MR) is 92.8 cm³/mol. The number of nitrogens with two attached hydrogens (primary N) is 1. The largest absolute Gasteiger partial charge is 0.491 e. The number of rotatable bonds is 6. The molecule has 6 heteroatoms. The molecule has 0 bridgehead atoms. The van der Waals surface area contributed by atoms with E-state index in [1.165, 1.54) is 0 Å². The number of amides is 3. The molecule has 1 fully saturated rings. The zero-order chi connectivity index (χ0) is 17.5. The topological polar surface area (TPSA) is 84.7 Å². The number of carbonyl (C=O) groups excluding carboxylic acids is 2. The Morgan fingerprint density at radius 1 is 1.25 bits per heavy atom. The molecule has 0 unspecified atom stereocenters. The summed E-state index contributed by atoms with van der Waals surface area (Å²) in [5.41, 5.74) is 6.46. The molecule has 132 valence electrons. The molecule has 1 aliphatic rings. The highest BCUT2D eigenvalue weighted by Crippen LogP contribution is 2.17. The molecule has 0 saturated carbocycles. The van der Waals surface area contributed by atoms with E-state index in [4.69, 9.17) is 10.5 Å². The molecule has 24 heavy (non-hydrogen) atoms. The van der Waals surface area contributed by atoms with Crippen molar-refractivity contribution in [2.24, 2.45) is 11.7 Å². The van der Waals surface area contributed by atoms with Gasteiger partial charge in [0.15, 0.2) is 0 Å². The quantitative estimate of drug-likeness (QED) is 0.834. The molecule has 1 heterocycles. The van der Waals surface area contributed by atoms with Gasteiger partial charge in [-0.2, -0.15) is 0 Å². The van der Waals surface area contributed by atoms with Crippen LogP contribution in [0.4, 0.5) is 4.79 Å². The van der Waals surface area contributed by atoms with Crippen molar-refractivity contribution < 1.29 is 14.3 Å². The van der Waals surface area contributed by atoms with Crippen LogP contribution in [0.2, 0.25) is 0 Å². The molecule has 3 amide bonds. The summed E-state index contributed by atoms with van der Waals surface area (Å²) in [7, 11) is 0. The van der Waals surface area contributed by atoms with E-state index in [2.05, 4.69) is 5.32 Å². The Bertz CT molecular complexity index is 549. The monoisotopic (exact) mass is 333 g/mol. The Hall–Kier alpha value is -2.24. The maximum absolute atomic E-state index is 12.1. The second-order valence-corrected chi connectivity index (χ2v) is 6.46. The van der Waals surface area contributed by atoms with E-state index >= 15 is 0 Å². The number of nitrogens with one attached hydrogen (secondary N) is 1. The lowest BCUT2D eigenvalue weighted by molar-refractivity contribution is -0.123. The fourth-order valence-corrected chi connectivity index (χ4v) is 2.80. The third-order valence-corrected chi connectivity index (χ3v) is 4.17. The summed E-state index contributed by atoms with van der Waals surface area (Å²) >= 11 is 0. The Morgan fingerprint density at radius 2 is 1.88 bits per heavy atom. The van der Waals surface area contributed by atoms with Gasteiger partial charge < -0.3 is 20.7 Å². The van der Waals surface area contributed by atoms with Gasteiger partial charge in [-0.15, -0.1) is 0 Å². The molecule has 6 nitrogen and oxygen atoms in total. The van der Waals surface area contributed by atoms with Crippen LogP contribution in [0, 0.1) is 5.92 Å². The number of likely N-dealkylation sites (tertiary alicyclic amines) is 1. The number of nitrogens with zero attached hydrogens (tertiary/aromatic N) is 1. The zero-order valence-electron chi connectivity index (χ0n) is 14.5. The minimum atomic E-state index is -0.264. The van der Waals surface area contributed by atoms with Crippen molar-refractivity contribution in [2.75, 3.05) is 19.6 Å². The van der Waals surface area contributed by atoms with Gasteiger partial charge in [-0.1, -0.05) is 12.1 Å². The standard InChI is InChI=1S/C18H27N3O3/c1-13(2)24-16-5-3-14(4-6-16)7-10-20-18(23)21-11-8-15(9-12-21)17(19)22/h3-6,13,15H,7-12H2,1-2H3,(H2,19,22)(H,20,23). The van der Waals surface area contributed by atoms with Crippen LogP contribution < -0.4 is 15.8 Å². The van der Waals surface area contributed by atoms with Crippen LogP contribution in [0.1, 0.15) is 32.3 Å². The summed E-state index contributed by atoms with van der Waals surface area (Å²) in [6.07, 6.45) is 2.24. The molecule has 3 N–H and O–H groups in total. The second-order valence-electron chi connectivity index (χ2n) is 6.46. The van der Waals surface area contributed by atoms with E-state index in [9.17, 15) is 9.59 Å². The van der Waals surface area contributed by atoms with Gasteiger partial charge in [-0.25, -0.2) is 4.79 Å². The van der Waals surface area contributed by atoms with E-state index in [0.29, 0.717) is 32.5 Å². The van der Waals surface area contributed by atoms with Crippen LogP contribution in [0.3, 0.4) is 0 Å². The minimum Gasteiger partial charge on any atom is -0.491 e. The van der Waals surface area contributed by atoms with Gasteiger partial charge in [0, 0.05) is 25.6 Å². The molecule has 0 aliphatic carbocycles. The molecular weight excluding hydrogens is 306 g/mol. The first kappa shape index (κ1) is 18.1. The Labute approximate surface area is 143 Å². The van der Waals surface area contributed by atoms with Crippen LogP contribution in [-0.2, 0) is 11.2 Å². The Morgan fingerprint density at radius 3 is 2.42 bits per heavy atom. The highest BCUT2D eigenvalue weighted by atomic mass is 16.5. The normalized spacial score (nSPS) is 15.4. The van der Waals surface area contributed by atoms with Gasteiger partial charge in [-0.05, 0) is 50.8 Å². The van der Waals surface area contributed by atoms with E-state index in [0.717, 1.165) is 17.7 Å². The SMILES string of the molecule is CC(C)Oc1ccc(CCNC(=O)N2CCC(C(N)=O)CC2)cc1. The van der Waals surface area contributed by atoms with Crippen molar-refractivity contribution >= 4 is 11.9 Å². The average molecular weight is 333 g/mol. The maximum atomic E-state index is 12.1. The van der Waals surface area contributed by atoms with Crippen LogP contribution >= 0.6 is 0 Å². The summed E-state index contributed by atoms with van der Waals surface area (Å²) in [5.74, 6) is 0.496. The van der Waals surface area contributed by atoms with Crippen molar-refractivity contribution in [3.05, 3.63) is 29.8 Å². The van der Waals surface area contributed by atoms with Crippen molar-refractivity contribution in [3.63, 3.8) is 0 Å². The van der Waals surface area contributed by atoms with Crippen molar-refractivity contribution in [2.45, 2.75) is 39.2 Å². The van der Waals surface area contributed by atoms with Crippen LogP contribution in [-0.4, -0.2) is 42.6 Å². The molecule has 0 radical (unpaired) electrons. The first-order valence-electron chi connectivity index (χ1n) is 8.53. The van der Waals surface area contributed by atoms with Crippen LogP contribution in [0.5, 0.6) is 5.75 Å². The first-order chi connectivity index (χ1) is 11.5. The predicted octanol–water partition coefficient (Wildman–Crippen LogP) is 1.92. The average Bonchev–Trinajstić information content (AvgIpc) is 2.56. The molecule has 2 rings (SSSR count). The van der Waals surface area contributed by atoms with Gasteiger partial charge in [0.2, 0.25) is 5.91 Å². The summed E-state index contributed by atoms with van der Waals surface area (Å²) in [6.45, 7) is 5.74. The number of piperidine rings is 1. The number of hydrogen-bond acceptors (Lipinski definition) is 3. The first-order valence-corrected chi connectivity index (χ1v) is 8.53. The van der Waals surface area contributed by atoms with Gasteiger partial charge in [-0.3, -0.25) is 4.79 Å². The summed E-state index contributed by atoms with van der Waals surface area (Å²) in [4.78, 5) is 25.0. The third kappa shape index (κ3) is 5.44. The zero-order valence-corrected chi connectivity index (χ0v) is 14.5. The molecule has 1 aliphatic heterocycles. The second kappa shape index (κ2) is 8.57. The van der Waals surface area contributed by atoms with E-state index < -0.39 is 0 Å². The highest BCUT2D eigenvalue weighted by Gasteiger charge is 2.25. The van der Waals surface area contributed by atoms with E-state index in [1.807, 2.05) is 38.1 Å². The molecule has 1 saturated heterocycles. The molecular formula is C18H27N3O3. The maximum Gasteiger partial charge on any atom is 0.317 e. The van der Waals surface area contributed by atoms with Crippen molar-refractivity contribution in [3.8, 4) is 5.75 Å². The van der Waals surface area contributed by atoms with Gasteiger partial charge >= 0.3 is 6.03 Å². The number of benzene rings is 1. The number of primary amides is 1. The fourth-order valence-electron chi connectivity index (χ4n) is 2.80. The number of urea groups is 1. The molecule has 1 aromatic carbocycles. The van der Waals surface area contributed by atoms with E-state index in [-0.39, 0.29) is 24.0 Å². The molecule has 0 atom stereocenters. The van der Waals surface area contributed by atoms with Crippen LogP contribution in [0.15, 0.2) is 24.3 Å². The highest BCUT2D eigenvalue weighted by molar-refractivity contribution is 5.78. The lowest BCUT2D eigenvalue weighted by Gasteiger charge is -2.30. The van der Waals surface area contributed by atoms with Gasteiger partial charge in [0.1, 0.15) is 5.75 Å².